The molecule has 6 nitrogen and oxygen atoms in total. The molecule has 0 saturated heterocycles. The lowest BCUT2D eigenvalue weighted by atomic mass is 10.3. The molecule has 0 unspecified atom stereocenters. The number of aromatic carboxylic acids is 1. The van der Waals surface area contributed by atoms with Crippen LogP contribution in [-0.4, -0.2) is 26.8 Å². The average Bonchev–Trinajstić information content (AvgIpc) is 2.81. The van der Waals surface area contributed by atoms with Crippen molar-refractivity contribution in [3.05, 3.63) is 47.8 Å². The van der Waals surface area contributed by atoms with Crippen molar-refractivity contribution in [1.82, 2.24) is 9.78 Å². The van der Waals surface area contributed by atoms with E-state index in [1.54, 1.807) is 0 Å². The van der Waals surface area contributed by atoms with E-state index in [-0.39, 0.29) is 11.4 Å². The molecule has 0 aliphatic carbocycles. The number of aromatic nitrogens is 2. The van der Waals surface area contributed by atoms with Gasteiger partial charge in [0.05, 0.1) is 5.69 Å². The van der Waals surface area contributed by atoms with E-state index in [1.165, 1.54) is 12.3 Å². The van der Waals surface area contributed by atoms with Gasteiger partial charge >= 0.3 is 5.97 Å². The number of carboxylic acid groups (broad SMARTS) is 1. The number of amides is 1. The lowest BCUT2D eigenvalue weighted by molar-refractivity contribution is -0.116. The van der Waals surface area contributed by atoms with Crippen molar-refractivity contribution in [3.8, 4) is 0 Å². The topological polar surface area (TPSA) is 84.2 Å². The minimum absolute atomic E-state index is 0.167. The van der Waals surface area contributed by atoms with E-state index in [0.717, 1.165) is 16.8 Å². The standard InChI is InChI=1S/C12H9F2N3O3/c13-7-1-2-9(8(14)5-7)16-11(18)6-17-10(12(19)20)3-4-15-17/h1-5H,6H2,(H,16,18)(H,19,20). The van der Waals surface area contributed by atoms with E-state index in [4.69, 9.17) is 5.11 Å². The zero-order valence-corrected chi connectivity index (χ0v) is 10.0. The molecule has 0 radical (unpaired) electrons. The van der Waals surface area contributed by atoms with Gasteiger partial charge in [0, 0.05) is 12.3 Å². The highest BCUT2D eigenvalue weighted by molar-refractivity contribution is 5.92. The molecule has 8 heteroatoms. The fraction of sp³-hybridized carbons (Fsp3) is 0.0833. The maximum absolute atomic E-state index is 13.3. The summed E-state index contributed by atoms with van der Waals surface area (Å²) in [7, 11) is 0. The number of carbonyl (C=O) groups excluding carboxylic acids is 1. The highest BCUT2D eigenvalue weighted by Gasteiger charge is 2.14. The first-order valence-corrected chi connectivity index (χ1v) is 5.47. The Kier molecular flexibility index (Phi) is 3.74. The Morgan fingerprint density at radius 3 is 2.70 bits per heavy atom. The maximum atomic E-state index is 13.3. The first-order valence-electron chi connectivity index (χ1n) is 5.47. The van der Waals surface area contributed by atoms with Crippen molar-refractivity contribution >= 4 is 17.6 Å². The lowest BCUT2D eigenvalue weighted by Crippen LogP contribution is -2.22. The van der Waals surface area contributed by atoms with Gasteiger partial charge in [0.25, 0.3) is 0 Å². The number of halogens is 2. The number of rotatable bonds is 4. The minimum atomic E-state index is -1.23. The number of nitrogens with zero attached hydrogens (tertiary/aromatic N) is 2. The molecule has 0 spiro atoms. The van der Waals surface area contributed by atoms with Crippen LogP contribution in [0.15, 0.2) is 30.5 Å². The van der Waals surface area contributed by atoms with Crippen LogP contribution in [0.4, 0.5) is 14.5 Å². The van der Waals surface area contributed by atoms with Gasteiger partial charge in [0.1, 0.15) is 23.9 Å². The summed E-state index contributed by atoms with van der Waals surface area (Å²) in [6.07, 6.45) is 1.23. The summed E-state index contributed by atoms with van der Waals surface area (Å²) >= 11 is 0. The van der Waals surface area contributed by atoms with E-state index in [9.17, 15) is 18.4 Å². The van der Waals surface area contributed by atoms with E-state index >= 15 is 0 Å². The van der Waals surface area contributed by atoms with Crippen LogP contribution in [-0.2, 0) is 11.3 Å². The van der Waals surface area contributed by atoms with Crippen molar-refractivity contribution in [2.24, 2.45) is 0 Å². The molecule has 1 aromatic heterocycles. The van der Waals surface area contributed by atoms with E-state index in [2.05, 4.69) is 10.4 Å². The van der Waals surface area contributed by atoms with Gasteiger partial charge in [-0.05, 0) is 18.2 Å². The fourth-order valence-corrected chi connectivity index (χ4v) is 1.56. The first-order chi connectivity index (χ1) is 9.47. The molecular formula is C12H9F2N3O3. The van der Waals surface area contributed by atoms with Crippen molar-refractivity contribution in [2.45, 2.75) is 6.54 Å². The molecule has 0 saturated carbocycles. The summed E-state index contributed by atoms with van der Waals surface area (Å²) in [5.74, 6) is -3.59. The molecular weight excluding hydrogens is 272 g/mol. The summed E-state index contributed by atoms with van der Waals surface area (Å²) < 4.78 is 27.0. The van der Waals surface area contributed by atoms with Gasteiger partial charge < -0.3 is 10.4 Å². The predicted molar refractivity (Wildman–Crippen MR) is 64.2 cm³/mol. The maximum Gasteiger partial charge on any atom is 0.354 e. The van der Waals surface area contributed by atoms with Crippen LogP contribution in [0.3, 0.4) is 0 Å². The van der Waals surface area contributed by atoms with Crippen molar-refractivity contribution in [1.29, 1.82) is 0 Å². The summed E-state index contributed by atoms with van der Waals surface area (Å²) in [6.45, 7) is -0.397. The smallest absolute Gasteiger partial charge is 0.354 e. The van der Waals surface area contributed by atoms with Gasteiger partial charge in [-0.15, -0.1) is 0 Å². The number of benzene rings is 1. The average molecular weight is 281 g/mol. The van der Waals surface area contributed by atoms with Crippen LogP contribution in [0.5, 0.6) is 0 Å². The second-order valence-corrected chi connectivity index (χ2v) is 3.85. The van der Waals surface area contributed by atoms with Crippen molar-refractivity contribution in [2.75, 3.05) is 5.32 Å². The second kappa shape index (κ2) is 5.47. The number of carboxylic acids is 1. The monoisotopic (exact) mass is 281 g/mol. The Labute approximate surface area is 111 Å². The molecule has 0 fully saturated rings. The van der Waals surface area contributed by atoms with Crippen LogP contribution in [0.2, 0.25) is 0 Å². The third kappa shape index (κ3) is 2.97. The number of carbonyl (C=O) groups is 2. The minimum Gasteiger partial charge on any atom is -0.477 e. The molecule has 1 heterocycles. The highest BCUT2D eigenvalue weighted by Crippen LogP contribution is 2.14. The van der Waals surface area contributed by atoms with Gasteiger partial charge in [0.2, 0.25) is 5.91 Å². The lowest BCUT2D eigenvalue weighted by Gasteiger charge is -2.07. The molecule has 1 aromatic carbocycles. The Bertz CT molecular complexity index is 670. The normalized spacial score (nSPS) is 10.3. The van der Waals surface area contributed by atoms with Gasteiger partial charge in [0.15, 0.2) is 0 Å². The fourth-order valence-electron chi connectivity index (χ4n) is 1.56. The third-order valence-corrected chi connectivity index (χ3v) is 2.43. The number of hydrogen-bond donors (Lipinski definition) is 2. The molecule has 2 rings (SSSR count). The van der Waals surface area contributed by atoms with Crippen molar-refractivity contribution < 1.29 is 23.5 Å². The molecule has 104 valence electrons. The molecule has 0 aliphatic rings. The highest BCUT2D eigenvalue weighted by atomic mass is 19.1. The Morgan fingerprint density at radius 1 is 1.30 bits per heavy atom. The van der Waals surface area contributed by atoms with Gasteiger partial charge in [-0.1, -0.05) is 0 Å². The Hall–Kier alpha value is -2.77. The number of hydrogen-bond acceptors (Lipinski definition) is 3. The SMILES string of the molecule is O=C(Cn1nccc1C(=O)O)Nc1ccc(F)cc1F. The third-order valence-electron chi connectivity index (χ3n) is 2.43. The Morgan fingerprint density at radius 2 is 2.05 bits per heavy atom. The predicted octanol–water partition coefficient (Wildman–Crippen LogP) is 1.50. The zero-order valence-electron chi connectivity index (χ0n) is 10.0. The van der Waals surface area contributed by atoms with Gasteiger partial charge in [-0.3, -0.25) is 4.79 Å². The summed E-state index contributed by atoms with van der Waals surface area (Å²) in [4.78, 5) is 22.5. The molecule has 0 aliphatic heterocycles. The molecule has 20 heavy (non-hydrogen) atoms. The Balaban J connectivity index is 2.09. The van der Waals surface area contributed by atoms with Crippen LogP contribution >= 0.6 is 0 Å². The first kappa shape index (κ1) is 13.7. The molecule has 2 aromatic rings. The van der Waals surface area contributed by atoms with E-state index in [0.29, 0.717) is 6.07 Å². The summed E-state index contributed by atoms with van der Waals surface area (Å²) in [6, 6.07) is 3.93. The molecule has 0 atom stereocenters. The van der Waals surface area contributed by atoms with Crippen molar-refractivity contribution in [3.63, 3.8) is 0 Å². The second-order valence-electron chi connectivity index (χ2n) is 3.85. The van der Waals surface area contributed by atoms with E-state index in [1.807, 2.05) is 0 Å². The largest absolute Gasteiger partial charge is 0.477 e. The van der Waals surface area contributed by atoms with E-state index < -0.39 is 30.1 Å². The van der Waals surface area contributed by atoms with Gasteiger partial charge in [-0.2, -0.15) is 5.10 Å². The molecule has 0 bridgehead atoms. The van der Waals surface area contributed by atoms with Crippen LogP contribution in [0.1, 0.15) is 10.5 Å². The molecule has 1 amide bonds. The number of anilines is 1. The van der Waals surface area contributed by atoms with Gasteiger partial charge in [-0.25, -0.2) is 18.3 Å². The van der Waals surface area contributed by atoms with Crippen LogP contribution in [0.25, 0.3) is 0 Å². The summed E-state index contributed by atoms with van der Waals surface area (Å²) in [5, 5.41) is 14.7. The van der Waals surface area contributed by atoms with Crippen LogP contribution in [0, 0.1) is 11.6 Å². The quantitative estimate of drug-likeness (QED) is 0.889. The zero-order chi connectivity index (χ0) is 14.7. The molecule has 2 N–H and O–H groups in total. The van der Waals surface area contributed by atoms with Crippen LogP contribution < -0.4 is 5.32 Å². The number of nitrogens with one attached hydrogen (secondary N) is 1. The summed E-state index contributed by atoms with van der Waals surface area (Å²) in [5.41, 5.74) is -0.361.